The van der Waals surface area contributed by atoms with Gasteiger partial charge in [-0.05, 0) is 44.0 Å². The number of carboxylic acids is 1. The van der Waals surface area contributed by atoms with Gasteiger partial charge in [0, 0.05) is 18.7 Å². The van der Waals surface area contributed by atoms with Crippen molar-refractivity contribution in [2.75, 3.05) is 19.7 Å². The van der Waals surface area contributed by atoms with Gasteiger partial charge in [0.25, 0.3) is 5.91 Å². The van der Waals surface area contributed by atoms with Gasteiger partial charge >= 0.3 is 5.97 Å². The van der Waals surface area contributed by atoms with Gasteiger partial charge in [0.1, 0.15) is 12.4 Å². The molecule has 1 amide bonds. The van der Waals surface area contributed by atoms with E-state index in [0.29, 0.717) is 37.3 Å². The summed E-state index contributed by atoms with van der Waals surface area (Å²) in [4.78, 5) is 25.5. The van der Waals surface area contributed by atoms with E-state index in [1.165, 1.54) is 0 Å². The molecule has 0 saturated carbocycles. The van der Waals surface area contributed by atoms with Crippen molar-refractivity contribution in [2.45, 2.75) is 19.8 Å². The number of carbonyl (C=O) groups is 2. The molecule has 0 radical (unpaired) electrons. The van der Waals surface area contributed by atoms with Gasteiger partial charge in [0.05, 0.1) is 5.41 Å². The summed E-state index contributed by atoms with van der Waals surface area (Å²) < 4.78 is 5.38. The molecular formula is C17H21NO4. The second-order valence-electron chi connectivity index (χ2n) is 5.82. The SMILES string of the molecule is C=CCOc1ccc(C(=O)N2CCCC(C)(C(=O)O)C2)cc1. The molecule has 22 heavy (non-hydrogen) atoms. The molecule has 1 N–H and O–H groups in total. The van der Waals surface area contributed by atoms with Crippen molar-refractivity contribution in [3.05, 3.63) is 42.5 Å². The summed E-state index contributed by atoms with van der Waals surface area (Å²) >= 11 is 0. The Bertz CT molecular complexity index is 567. The van der Waals surface area contributed by atoms with E-state index in [1.807, 2.05) is 0 Å². The molecule has 1 aromatic carbocycles. The quantitative estimate of drug-likeness (QED) is 0.849. The third-order valence-electron chi connectivity index (χ3n) is 3.97. The second-order valence-corrected chi connectivity index (χ2v) is 5.82. The Kier molecular flexibility index (Phi) is 4.85. The number of likely N-dealkylation sites (tertiary alicyclic amines) is 1. The maximum Gasteiger partial charge on any atom is 0.311 e. The fraction of sp³-hybridized carbons (Fsp3) is 0.412. The van der Waals surface area contributed by atoms with E-state index in [4.69, 9.17) is 4.74 Å². The third-order valence-corrected chi connectivity index (χ3v) is 3.97. The van der Waals surface area contributed by atoms with E-state index < -0.39 is 11.4 Å². The number of carboxylic acid groups (broad SMARTS) is 1. The van der Waals surface area contributed by atoms with Crippen LogP contribution in [-0.4, -0.2) is 41.6 Å². The average molecular weight is 303 g/mol. The molecule has 2 rings (SSSR count). The smallest absolute Gasteiger partial charge is 0.311 e. The third kappa shape index (κ3) is 3.47. The summed E-state index contributed by atoms with van der Waals surface area (Å²) in [7, 11) is 0. The lowest BCUT2D eigenvalue weighted by atomic mass is 9.82. The van der Waals surface area contributed by atoms with Gasteiger partial charge in [-0.25, -0.2) is 0 Å². The number of carbonyl (C=O) groups excluding carboxylic acids is 1. The van der Waals surface area contributed by atoms with Gasteiger partial charge in [-0.1, -0.05) is 12.7 Å². The number of hydrogen-bond donors (Lipinski definition) is 1. The predicted octanol–water partition coefficient (Wildman–Crippen LogP) is 2.58. The monoisotopic (exact) mass is 303 g/mol. The molecule has 1 fully saturated rings. The molecule has 5 heteroatoms. The fourth-order valence-electron chi connectivity index (χ4n) is 2.62. The number of rotatable bonds is 5. The predicted molar refractivity (Wildman–Crippen MR) is 83.0 cm³/mol. The van der Waals surface area contributed by atoms with E-state index in [-0.39, 0.29) is 12.5 Å². The van der Waals surface area contributed by atoms with E-state index >= 15 is 0 Å². The van der Waals surface area contributed by atoms with Gasteiger partial charge in [-0.2, -0.15) is 0 Å². The van der Waals surface area contributed by atoms with Crippen LogP contribution in [0.2, 0.25) is 0 Å². The highest BCUT2D eigenvalue weighted by molar-refractivity contribution is 5.94. The van der Waals surface area contributed by atoms with Crippen LogP contribution in [0.3, 0.4) is 0 Å². The van der Waals surface area contributed by atoms with E-state index in [1.54, 1.807) is 42.2 Å². The van der Waals surface area contributed by atoms with Crippen LogP contribution in [0.25, 0.3) is 0 Å². The van der Waals surface area contributed by atoms with Crippen molar-refractivity contribution < 1.29 is 19.4 Å². The highest BCUT2D eigenvalue weighted by Gasteiger charge is 2.39. The van der Waals surface area contributed by atoms with E-state index in [9.17, 15) is 14.7 Å². The average Bonchev–Trinajstić information content (AvgIpc) is 2.52. The molecule has 1 aliphatic heterocycles. The number of aliphatic carboxylic acids is 1. The first-order valence-electron chi connectivity index (χ1n) is 7.33. The van der Waals surface area contributed by atoms with Gasteiger partial charge in [-0.3, -0.25) is 9.59 Å². The van der Waals surface area contributed by atoms with Gasteiger partial charge in [0.15, 0.2) is 0 Å². The van der Waals surface area contributed by atoms with Crippen molar-refractivity contribution in [1.29, 1.82) is 0 Å². The lowest BCUT2D eigenvalue weighted by molar-refractivity contribution is -0.150. The molecule has 1 atom stereocenters. The Balaban J connectivity index is 2.07. The first-order valence-corrected chi connectivity index (χ1v) is 7.33. The van der Waals surface area contributed by atoms with Crippen LogP contribution in [0, 0.1) is 5.41 Å². The summed E-state index contributed by atoms with van der Waals surface area (Å²) in [5, 5.41) is 9.32. The first-order chi connectivity index (χ1) is 10.5. The maximum absolute atomic E-state index is 12.5. The van der Waals surface area contributed by atoms with Crippen molar-refractivity contribution in [3.63, 3.8) is 0 Å². The van der Waals surface area contributed by atoms with E-state index in [0.717, 1.165) is 0 Å². The molecule has 1 aromatic rings. The summed E-state index contributed by atoms with van der Waals surface area (Å²) in [6.45, 7) is 6.52. The Morgan fingerprint density at radius 1 is 1.41 bits per heavy atom. The number of amides is 1. The molecule has 1 saturated heterocycles. The number of piperidine rings is 1. The second kappa shape index (κ2) is 6.64. The Hall–Kier alpha value is -2.30. The highest BCUT2D eigenvalue weighted by Crippen LogP contribution is 2.30. The molecule has 118 valence electrons. The zero-order valence-electron chi connectivity index (χ0n) is 12.7. The van der Waals surface area contributed by atoms with Crippen LogP contribution in [0.15, 0.2) is 36.9 Å². The maximum atomic E-state index is 12.5. The van der Waals surface area contributed by atoms with Crippen LogP contribution in [0.5, 0.6) is 5.75 Å². The lowest BCUT2D eigenvalue weighted by Gasteiger charge is -2.37. The van der Waals surface area contributed by atoms with Crippen molar-refractivity contribution in [1.82, 2.24) is 4.90 Å². The van der Waals surface area contributed by atoms with Gasteiger partial charge in [-0.15, -0.1) is 0 Å². The van der Waals surface area contributed by atoms with Crippen molar-refractivity contribution in [3.8, 4) is 5.75 Å². The van der Waals surface area contributed by atoms with Crippen molar-refractivity contribution >= 4 is 11.9 Å². The number of nitrogens with zero attached hydrogens (tertiary/aromatic N) is 1. The number of benzene rings is 1. The Labute approximate surface area is 130 Å². The van der Waals surface area contributed by atoms with Crippen molar-refractivity contribution in [2.24, 2.45) is 5.41 Å². The zero-order valence-corrected chi connectivity index (χ0v) is 12.7. The topological polar surface area (TPSA) is 66.8 Å². The molecule has 1 heterocycles. The number of hydrogen-bond acceptors (Lipinski definition) is 3. The fourth-order valence-corrected chi connectivity index (χ4v) is 2.62. The lowest BCUT2D eigenvalue weighted by Crippen LogP contribution is -2.48. The molecule has 0 aliphatic carbocycles. The van der Waals surface area contributed by atoms with Crippen LogP contribution in [-0.2, 0) is 4.79 Å². The summed E-state index contributed by atoms with van der Waals surface area (Å²) in [5.74, 6) is -0.314. The van der Waals surface area contributed by atoms with Crippen LogP contribution in [0.1, 0.15) is 30.1 Å². The summed E-state index contributed by atoms with van der Waals surface area (Å²) in [6, 6.07) is 6.87. The van der Waals surface area contributed by atoms with Gasteiger partial charge < -0.3 is 14.7 Å². The molecule has 0 aromatic heterocycles. The minimum Gasteiger partial charge on any atom is -0.490 e. The Morgan fingerprint density at radius 3 is 2.68 bits per heavy atom. The molecule has 1 aliphatic rings. The molecular weight excluding hydrogens is 282 g/mol. The largest absolute Gasteiger partial charge is 0.490 e. The normalized spacial score (nSPS) is 21.2. The first kappa shape index (κ1) is 16.1. The number of ether oxygens (including phenoxy) is 1. The molecule has 1 unspecified atom stereocenters. The molecule has 0 spiro atoms. The van der Waals surface area contributed by atoms with Gasteiger partial charge in [0.2, 0.25) is 0 Å². The Morgan fingerprint density at radius 2 is 2.09 bits per heavy atom. The minimum atomic E-state index is -0.860. The minimum absolute atomic E-state index is 0.137. The van der Waals surface area contributed by atoms with E-state index in [2.05, 4.69) is 6.58 Å². The highest BCUT2D eigenvalue weighted by atomic mass is 16.5. The molecule has 0 bridgehead atoms. The van der Waals surface area contributed by atoms with Crippen LogP contribution >= 0.6 is 0 Å². The molecule has 5 nitrogen and oxygen atoms in total. The van der Waals surface area contributed by atoms with Crippen LogP contribution < -0.4 is 4.74 Å². The zero-order chi connectivity index (χ0) is 16.2. The summed E-state index contributed by atoms with van der Waals surface area (Å²) in [6.07, 6.45) is 2.95. The standard InChI is InChI=1S/C17H21NO4/c1-3-11-22-14-7-5-13(6-8-14)15(19)18-10-4-9-17(2,12-18)16(20)21/h3,5-8H,1,4,9-12H2,2H3,(H,20,21). The van der Waals surface area contributed by atoms with Crippen LogP contribution in [0.4, 0.5) is 0 Å². The summed E-state index contributed by atoms with van der Waals surface area (Å²) in [5.41, 5.74) is -0.318.